The molecular formula is C13H14ClFIN3O. The van der Waals surface area contributed by atoms with Gasteiger partial charge >= 0.3 is 0 Å². The number of carbonyl (C=O) groups excluding carboxylic acids is 1. The second-order valence-corrected chi connectivity index (χ2v) is 6.38. The van der Waals surface area contributed by atoms with Crippen LogP contribution >= 0.6 is 34.2 Å². The van der Waals surface area contributed by atoms with Gasteiger partial charge in [-0.15, -0.1) is 11.6 Å². The van der Waals surface area contributed by atoms with Crippen LogP contribution in [-0.4, -0.2) is 15.5 Å². The summed E-state index contributed by atoms with van der Waals surface area (Å²) >= 11 is 8.06. The Kier molecular flexibility index (Phi) is 4.85. The van der Waals surface area contributed by atoms with E-state index in [1.54, 1.807) is 6.07 Å². The van der Waals surface area contributed by atoms with Gasteiger partial charge in [-0.25, -0.2) is 9.37 Å². The normalized spacial score (nSPS) is 12.8. The fourth-order valence-electron chi connectivity index (χ4n) is 2.09. The number of nitrogens with two attached hydrogens (primary N) is 1. The molecule has 1 amide bonds. The van der Waals surface area contributed by atoms with Crippen LogP contribution in [0.5, 0.6) is 0 Å². The van der Waals surface area contributed by atoms with Gasteiger partial charge in [-0.2, -0.15) is 0 Å². The molecule has 2 rings (SSSR count). The minimum absolute atomic E-state index is 0.280. The van der Waals surface area contributed by atoms with Gasteiger partial charge in [-0.05, 0) is 42.0 Å². The Morgan fingerprint density at radius 2 is 2.30 bits per heavy atom. The molecule has 2 N–H and O–H groups in total. The SMILES string of the molecule is CC(Cl)c1nc2cc(I)c(F)cc2n1CCCC(N)=O. The summed E-state index contributed by atoms with van der Waals surface area (Å²) in [4.78, 5) is 15.3. The van der Waals surface area contributed by atoms with Crippen LogP contribution in [0.4, 0.5) is 4.39 Å². The number of nitrogens with zero attached hydrogens (tertiary/aromatic N) is 2. The van der Waals surface area contributed by atoms with E-state index in [2.05, 4.69) is 4.98 Å². The summed E-state index contributed by atoms with van der Waals surface area (Å²) < 4.78 is 16.1. The van der Waals surface area contributed by atoms with Crippen LogP contribution in [0.15, 0.2) is 12.1 Å². The number of carbonyl (C=O) groups is 1. The molecular weight excluding hydrogens is 396 g/mol. The Labute approximate surface area is 134 Å². The Bertz CT molecular complexity index is 657. The number of rotatable bonds is 5. The van der Waals surface area contributed by atoms with Crippen LogP contribution in [0.1, 0.15) is 31.0 Å². The van der Waals surface area contributed by atoms with Gasteiger partial charge in [0.25, 0.3) is 0 Å². The molecule has 7 heteroatoms. The summed E-state index contributed by atoms with van der Waals surface area (Å²) in [7, 11) is 0. The molecule has 1 atom stereocenters. The number of imidazole rings is 1. The molecule has 2 aromatic rings. The molecule has 1 unspecified atom stereocenters. The zero-order valence-electron chi connectivity index (χ0n) is 10.9. The van der Waals surface area contributed by atoms with E-state index in [4.69, 9.17) is 17.3 Å². The number of alkyl halides is 1. The average molecular weight is 410 g/mol. The highest BCUT2D eigenvalue weighted by molar-refractivity contribution is 14.1. The summed E-state index contributed by atoms with van der Waals surface area (Å²) in [6.45, 7) is 2.35. The first-order chi connectivity index (χ1) is 9.40. The summed E-state index contributed by atoms with van der Waals surface area (Å²) in [5.74, 6) is 0.0334. The molecule has 0 aliphatic rings. The van der Waals surface area contributed by atoms with Crippen LogP contribution < -0.4 is 5.73 Å². The van der Waals surface area contributed by atoms with Crippen molar-refractivity contribution in [2.45, 2.75) is 31.7 Å². The minimum atomic E-state index is -0.351. The van der Waals surface area contributed by atoms with Crippen molar-refractivity contribution in [3.05, 3.63) is 27.3 Å². The van der Waals surface area contributed by atoms with E-state index in [0.29, 0.717) is 33.4 Å². The van der Waals surface area contributed by atoms with E-state index in [9.17, 15) is 9.18 Å². The maximum absolute atomic E-state index is 13.7. The van der Waals surface area contributed by atoms with Crippen molar-refractivity contribution >= 4 is 51.1 Å². The second kappa shape index (κ2) is 6.26. The van der Waals surface area contributed by atoms with Gasteiger partial charge < -0.3 is 10.3 Å². The molecule has 0 fully saturated rings. The zero-order valence-corrected chi connectivity index (χ0v) is 13.8. The third kappa shape index (κ3) is 3.22. The molecule has 4 nitrogen and oxygen atoms in total. The highest BCUT2D eigenvalue weighted by atomic mass is 127. The number of aryl methyl sites for hydroxylation is 1. The highest BCUT2D eigenvalue weighted by Crippen LogP contribution is 2.27. The van der Waals surface area contributed by atoms with Crippen molar-refractivity contribution in [1.29, 1.82) is 0 Å². The predicted octanol–water partition coefficient (Wildman–Crippen LogP) is 3.35. The van der Waals surface area contributed by atoms with Crippen molar-refractivity contribution in [2.24, 2.45) is 5.73 Å². The summed E-state index contributed by atoms with van der Waals surface area (Å²) in [6, 6.07) is 3.15. The molecule has 1 heterocycles. The van der Waals surface area contributed by atoms with E-state index < -0.39 is 0 Å². The summed E-state index contributed by atoms with van der Waals surface area (Å²) in [6.07, 6.45) is 0.855. The van der Waals surface area contributed by atoms with Crippen LogP contribution in [0.3, 0.4) is 0 Å². The lowest BCUT2D eigenvalue weighted by Gasteiger charge is -2.10. The molecule has 0 aliphatic carbocycles. The smallest absolute Gasteiger partial charge is 0.217 e. The summed E-state index contributed by atoms with van der Waals surface area (Å²) in [5.41, 5.74) is 6.53. The minimum Gasteiger partial charge on any atom is -0.370 e. The van der Waals surface area contributed by atoms with Crippen LogP contribution in [0.2, 0.25) is 0 Å². The Morgan fingerprint density at radius 3 is 2.90 bits per heavy atom. The lowest BCUT2D eigenvalue weighted by Crippen LogP contribution is -2.12. The van der Waals surface area contributed by atoms with Crippen molar-refractivity contribution in [1.82, 2.24) is 9.55 Å². The van der Waals surface area contributed by atoms with Crippen LogP contribution in [0, 0.1) is 9.39 Å². The van der Waals surface area contributed by atoms with E-state index in [-0.39, 0.29) is 23.5 Å². The van der Waals surface area contributed by atoms with Crippen molar-refractivity contribution in [2.75, 3.05) is 0 Å². The lowest BCUT2D eigenvalue weighted by atomic mass is 10.2. The van der Waals surface area contributed by atoms with Crippen molar-refractivity contribution in [3.63, 3.8) is 0 Å². The monoisotopic (exact) mass is 409 g/mol. The molecule has 0 bridgehead atoms. The quantitative estimate of drug-likeness (QED) is 0.608. The standard InChI is InChI=1S/C13H14ClFIN3O/c1-7(14)13-18-10-6-9(16)8(15)5-11(10)19(13)4-2-3-12(17)20/h5-7H,2-4H2,1H3,(H2,17,20). The first kappa shape index (κ1) is 15.5. The largest absolute Gasteiger partial charge is 0.370 e. The van der Waals surface area contributed by atoms with Gasteiger partial charge in [0.05, 0.1) is 20.0 Å². The van der Waals surface area contributed by atoms with E-state index in [1.807, 2.05) is 34.1 Å². The lowest BCUT2D eigenvalue weighted by molar-refractivity contribution is -0.118. The number of halogens is 3. The molecule has 1 aromatic heterocycles. The van der Waals surface area contributed by atoms with Gasteiger partial charge in [0.1, 0.15) is 11.6 Å². The van der Waals surface area contributed by atoms with Crippen LogP contribution in [-0.2, 0) is 11.3 Å². The number of primary amides is 1. The fraction of sp³-hybridized carbons (Fsp3) is 0.385. The number of fused-ring (bicyclic) bond motifs is 1. The van der Waals surface area contributed by atoms with E-state index >= 15 is 0 Å². The Hall–Kier alpha value is -0.890. The fourth-order valence-corrected chi connectivity index (χ4v) is 2.71. The molecule has 0 spiro atoms. The Morgan fingerprint density at radius 1 is 1.60 bits per heavy atom. The number of hydrogen-bond donors (Lipinski definition) is 1. The highest BCUT2D eigenvalue weighted by Gasteiger charge is 2.16. The zero-order chi connectivity index (χ0) is 14.9. The molecule has 0 saturated heterocycles. The molecule has 1 aromatic carbocycles. The number of hydrogen-bond acceptors (Lipinski definition) is 2. The third-order valence-electron chi connectivity index (χ3n) is 2.98. The maximum atomic E-state index is 13.7. The second-order valence-electron chi connectivity index (χ2n) is 4.56. The molecule has 0 aliphatic heterocycles. The predicted molar refractivity (Wildman–Crippen MR) is 85.1 cm³/mol. The Balaban J connectivity index is 2.45. The number of aromatic nitrogens is 2. The number of amides is 1. The molecule has 20 heavy (non-hydrogen) atoms. The summed E-state index contributed by atoms with van der Waals surface area (Å²) in [5, 5.41) is -0.295. The third-order valence-corrected chi connectivity index (χ3v) is 4.00. The van der Waals surface area contributed by atoms with Gasteiger partial charge in [0.2, 0.25) is 5.91 Å². The number of benzene rings is 1. The molecule has 108 valence electrons. The van der Waals surface area contributed by atoms with E-state index in [0.717, 1.165) is 0 Å². The molecule has 0 saturated carbocycles. The van der Waals surface area contributed by atoms with Gasteiger partial charge in [0, 0.05) is 19.0 Å². The average Bonchev–Trinajstić information content (AvgIpc) is 2.68. The first-order valence-electron chi connectivity index (χ1n) is 6.17. The first-order valence-corrected chi connectivity index (χ1v) is 7.69. The van der Waals surface area contributed by atoms with Gasteiger partial charge in [0.15, 0.2) is 0 Å². The van der Waals surface area contributed by atoms with Crippen LogP contribution in [0.25, 0.3) is 11.0 Å². The maximum Gasteiger partial charge on any atom is 0.217 e. The molecule has 0 radical (unpaired) electrons. The van der Waals surface area contributed by atoms with E-state index in [1.165, 1.54) is 6.07 Å². The van der Waals surface area contributed by atoms with Crippen molar-refractivity contribution in [3.8, 4) is 0 Å². The van der Waals surface area contributed by atoms with Gasteiger partial charge in [-0.3, -0.25) is 4.79 Å². The topological polar surface area (TPSA) is 60.9 Å². The van der Waals surface area contributed by atoms with Crippen molar-refractivity contribution < 1.29 is 9.18 Å². The van der Waals surface area contributed by atoms with Gasteiger partial charge in [-0.1, -0.05) is 0 Å².